The van der Waals surface area contributed by atoms with E-state index in [4.69, 9.17) is 5.11 Å². The predicted octanol–water partition coefficient (Wildman–Crippen LogP) is 6.09. The lowest BCUT2D eigenvalue weighted by atomic mass is 9.91. The molecule has 0 aromatic carbocycles. The van der Waals surface area contributed by atoms with Gasteiger partial charge in [0.25, 0.3) is 0 Å². The molecule has 25 heavy (non-hydrogen) atoms. The van der Waals surface area contributed by atoms with Gasteiger partial charge in [0.2, 0.25) is 0 Å². The Hall–Kier alpha value is -1.38. The molecule has 0 aromatic rings. The average Bonchev–Trinajstić information content (AvgIpc) is 3.03. The number of hydrogen-bond acceptors (Lipinski definition) is 2. The Morgan fingerprint density at radius 2 is 1.80 bits per heavy atom. The molecule has 0 bridgehead atoms. The molecule has 0 amide bonds. The Morgan fingerprint density at radius 3 is 2.56 bits per heavy atom. The molecule has 1 rings (SSSR count). The summed E-state index contributed by atoms with van der Waals surface area (Å²) < 4.78 is 0. The molecule has 1 aliphatic carbocycles. The van der Waals surface area contributed by atoms with Crippen molar-refractivity contribution in [2.75, 3.05) is 0 Å². The summed E-state index contributed by atoms with van der Waals surface area (Å²) in [5.74, 6) is 0.743. The molecule has 0 heterocycles. The fraction of sp³-hybridized carbons (Fsp3) is 0.727. The van der Waals surface area contributed by atoms with Gasteiger partial charge in [0.05, 0.1) is 0 Å². The number of hydrogen-bond donors (Lipinski definition) is 1. The fourth-order valence-electron chi connectivity index (χ4n) is 3.59. The maximum absolute atomic E-state index is 12.0. The minimum atomic E-state index is -0.718. The molecular formula is C22H36O3. The van der Waals surface area contributed by atoms with Gasteiger partial charge in [0.1, 0.15) is 0 Å². The highest BCUT2D eigenvalue weighted by Crippen LogP contribution is 2.35. The zero-order valence-electron chi connectivity index (χ0n) is 15.9. The van der Waals surface area contributed by atoms with Crippen LogP contribution in [0.2, 0.25) is 0 Å². The topological polar surface area (TPSA) is 54.4 Å². The zero-order chi connectivity index (χ0) is 18.3. The van der Waals surface area contributed by atoms with E-state index in [-0.39, 0.29) is 12.2 Å². The average molecular weight is 349 g/mol. The van der Waals surface area contributed by atoms with Crippen LogP contribution in [0.4, 0.5) is 0 Å². The second-order valence-electron chi connectivity index (χ2n) is 7.34. The van der Waals surface area contributed by atoms with Crippen molar-refractivity contribution in [2.24, 2.45) is 11.8 Å². The second-order valence-corrected chi connectivity index (χ2v) is 7.34. The summed E-state index contributed by atoms with van der Waals surface area (Å²) in [6.07, 6.45) is 21.5. The van der Waals surface area contributed by atoms with Crippen LogP contribution < -0.4 is 0 Å². The number of carboxylic acid groups (broad SMARTS) is 1. The number of carbonyl (C=O) groups excluding carboxylic acids is 1. The molecule has 1 fully saturated rings. The summed E-state index contributed by atoms with van der Waals surface area (Å²) >= 11 is 0. The van der Waals surface area contributed by atoms with E-state index in [0.717, 1.165) is 19.3 Å². The molecule has 142 valence electrons. The molecule has 3 nitrogen and oxygen atoms in total. The van der Waals surface area contributed by atoms with Gasteiger partial charge in [-0.15, -0.1) is 0 Å². The van der Waals surface area contributed by atoms with Crippen molar-refractivity contribution in [3.05, 3.63) is 24.3 Å². The first-order valence-corrected chi connectivity index (χ1v) is 10.2. The molecule has 0 spiro atoms. The standard InChI is InChI=1S/C22H36O3/c1-2-3-4-5-9-15-21(23)18-17-20-14-11-13-19(20)12-8-6-7-10-16-22(24)25/h6,8,17-20H,2-5,7,9-16H2,1H3,(H,24,25)/b8-6-,18-17+/t19-,20?/m0/s1. The van der Waals surface area contributed by atoms with E-state index in [2.05, 4.69) is 25.2 Å². The van der Waals surface area contributed by atoms with Gasteiger partial charge in [-0.05, 0) is 56.4 Å². The maximum atomic E-state index is 12.0. The Kier molecular flexibility index (Phi) is 12.0. The normalized spacial score (nSPS) is 20.7. The van der Waals surface area contributed by atoms with E-state index in [0.29, 0.717) is 24.7 Å². The number of carbonyl (C=O) groups is 2. The van der Waals surface area contributed by atoms with Crippen LogP contribution in [-0.2, 0) is 9.59 Å². The van der Waals surface area contributed by atoms with Crippen molar-refractivity contribution >= 4 is 11.8 Å². The van der Waals surface area contributed by atoms with Crippen LogP contribution in [0.15, 0.2) is 24.3 Å². The molecule has 0 aliphatic heterocycles. The molecule has 1 aliphatic rings. The number of ketones is 1. The smallest absolute Gasteiger partial charge is 0.303 e. The van der Waals surface area contributed by atoms with Gasteiger partial charge in [-0.25, -0.2) is 0 Å². The van der Waals surface area contributed by atoms with Gasteiger partial charge in [-0.1, -0.05) is 57.3 Å². The molecular weight excluding hydrogens is 312 g/mol. The molecule has 0 aromatic heterocycles. The van der Waals surface area contributed by atoms with Gasteiger partial charge < -0.3 is 5.11 Å². The molecule has 1 unspecified atom stereocenters. The van der Waals surface area contributed by atoms with Crippen LogP contribution in [0.1, 0.15) is 90.4 Å². The first kappa shape index (κ1) is 21.7. The summed E-state index contributed by atoms with van der Waals surface area (Å²) in [6.45, 7) is 2.21. The van der Waals surface area contributed by atoms with Crippen LogP contribution in [0.25, 0.3) is 0 Å². The van der Waals surface area contributed by atoms with Crippen LogP contribution in [-0.4, -0.2) is 16.9 Å². The quantitative estimate of drug-likeness (QED) is 0.235. The van der Waals surface area contributed by atoms with E-state index >= 15 is 0 Å². The summed E-state index contributed by atoms with van der Waals surface area (Å²) in [7, 11) is 0. The number of carboxylic acids is 1. The van der Waals surface area contributed by atoms with Crippen LogP contribution >= 0.6 is 0 Å². The SMILES string of the molecule is CCCCCCCC(=O)/C=C/C1CCC[C@@H]1C/C=C\CCCC(=O)O. The van der Waals surface area contributed by atoms with E-state index in [1.165, 1.54) is 44.9 Å². The van der Waals surface area contributed by atoms with Crippen molar-refractivity contribution in [3.63, 3.8) is 0 Å². The lowest BCUT2D eigenvalue weighted by Gasteiger charge is -2.13. The summed E-state index contributed by atoms with van der Waals surface area (Å²) in [5, 5.41) is 8.61. The van der Waals surface area contributed by atoms with Crippen LogP contribution in [0.5, 0.6) is 0 Å². The van der Waals surface area contributed by atoms with E-state index < -0.39 is 5.97 Å². The summed E-state index contributed by atoms with van der Waals surface area (Å²) in [5.41, 5.74) is 0. The number of unbranched alkanes of at least 4 members (excludes halogenated alkanes) is 5. The predicted molar refractivity (Wildman–Crippen MR) is 104 cm³/mol. The molecule has 3 heteroatoms. The van der Waals surface area contributed by atoms with Crippen molar-refractivity contribution in [1.82, 2.24) is 0 Å². The first-order chi connectivity index (χ1) is 12.1. The number of rotatable bonds is 14. The molecule has 1 saturated carbocycles. The highest BCUT2D eigenvalue weighted by Gasteiger charge is 2.23. The third kappa shape index (κ3) is 11.0. The zero-order valence-corrected chi connectivity index (χ0v) is 15.9. The maximum Gasteiger partial charge on any atom is 0.303 e. The highest BCUT2D eigenvalue weighted by atomic mass is 16.4. The van der Waals surface area contributed by atoms with Gasteiger partial charge in [-0.3, -0.25) is 9.59 Å². The first-order valence-electron chi connectivity index (χ1n) is 10.2. The Bertz CT molecular complexity index is 437. The lowest BCUT2D eigenvalue weighted by Crippen LogP contribution is -2.05. The van der Waals surface area contributed by atoms with Crippen molar-refractivity contribution < 1.29 is 14.7 Å². The monoisotopic (exact) mass is 348 g/mol. The number of allylic oxidation sites excluding steroid dienone is 4. The van der Waals surface area contributed by atoms with Crippen molar-refractivity contribution in [3.8, 4) is 0 Å². The van der Waals surface area contributed by atoms with E-state index in [9.17, 15) is 9.59 Å². The molecule has 1 N–H and O–H groups in total. The van der Waals surface area contributed by atoms with Gasteiger partial charge in [0.15, 0.2) is 5.78 Å². The Balaban J connectivity index is 2.21. The van der Waals surface area contributed by atoms with Gasteiger partial charge in [-0.2, -0.15) is 0 Å². The van der Waals surface area contributed by atoms with E-state index in [1.54, 1.807) is 0 Å². The van der Waals surface area contributed by atoms with Crippen molar-refractivity contribution in [1.29, 1.82) is 0 Å². The lowest BCUT2D eigenvalue weighted by molar-refractivity contribution is -0.137. The van der Waals surface area contributed by atoms with Gasteiger partial charge in [0, 0.05) is 12.8 Å². The summed E-state index contributed by atoms with van der Waals surface area (Å²) in [4.78, 5) is 22.4. The third-order valence-corrected chi connectivity index (χ3v) is 5.14. The summed E-state index contributed by atoms with van der Waals surface area (Å²) in [6, 6.07) is 0. The Morgan fingerprint density at radius 1 is 1.00 bits per heavy atom. The Labute approximate surface area is 153 Å². The molecule has 0 saturated heterocycles. The second kappa shape index (κ2) is 13.9. The minimum Gasteiger partial charge on any atom is -0.481 e. The largest absolute Gasteiger partial charge is 0.481 e. The third-order valence-electron chi connectivity index (χ3n) is 5.14. The molecule has 0 radical (unpaired) electrons. The molecule has 2 atom stereocenters. The van der Waals surface area contributed by atoms with Crippen LogP contribution in [0.3, 0.4) is 0 Å². The van der Waals surface area contributed by atoms with Gasteiger partial charge >= 0.3 is 5.97 Å². The minimum absolute atomic E-state index is 0.250. The highest BCUT2D eigenvalue weighted by molar-refractivity contribution is 5.89. The fourth-order valence-corrected chi connectivity index (χ4v) is 3.59. The number of aliphatic carboxylic acids is 1. The van der Waals surface area contributed by atoms with Crippen LogP contribution in [0, 0.1) is 11.8 Å². The van der Waals surface area contributed by atoms with E-state index in [1.807, 2.05) is 6.08 Å². The van der Waals surface area contributed by atoms with Crippen molar-refractivity contribution in [2.45, 2.75) is 90.4 Å².